The van der Waals surface area contributed by atoms with E-state index in [0.717, 1.165) is 30.4 Å². The van der Waals surface area contributed by atoms with Gasteiger partial charge in [-0.3, -0.25) is 9.79 Å². The Morgan fingerprint density at radius 1 is 1.32 bits per heavy atom. The number of nitrogens with one attached hydrogen (secondary N) is 2. The number of aliphatic imine (C=N–C) groups is 1. The quantitative estimate of drug-likeness (QED) is 0.304. The third-order valence-corrected chi connectivity index (χ3v) is 5.21. The summed E-state index contributed by atoms with van der Waals surface area (Å²) in [7, 11) is 1.81. The highest BCUT2D eigenvalue weighted by atomic mass is 127. The molecule has 140 valence electrons. The molecule has 7 heteroatoms. The van der Waals surface area contributed by atoms with E-state index in [9.17, 15) is 4.79 Å². The molecule has 0 aromatic heterocycles. The molecule has 1 saturated heterocycles. The molecule has 1 fully saturated rings. The number of carbonyl (C=O) groups excluding carboxylic acids is 1. The SMILES string of the molecule is CN=C(NCCNC(=O)c1cccc(C)c1)N1CCSC(C)(C)C1.I. The summed E-state index contributed by atoms with van der Waals surface area (Å²) in [5.41, 5.74) is 1.79. The zero-order valence-electron chi connectivity index (χ0n) is 15.5. The molecule has 1 heterocycles. The number of rotatable bonds is 4. The molecule has 1 aromatic rings. The van der Waals surface area contributed by atoms with Crippen molar-refractivity contribution < 1.29 is 4.79 Å². The monoisotopic (exact) mass is 476 g/mol. The fraction of sp³-hybridized carbons (Fsp3) is 0.556. The van der Waals surface area contributed by atoms with Gasteiger partial charge in [0.1, 0.15) is 0 Å². The van der Waals surface area contributed by atoms with Gasteiger partial charge in [0, 0.05) is 49.3 Å². The number of thioether (sulfide) groups is 1. The van der Waals surface area contributed by atoms with Crippen LogP contribution in [0.2, 0.25) is 0 Å². The number of halogens is 1. The van der Waals surface area contributed by atoms with Crippen LogP contribution in [-0.4, -0.2) is 60.5 Å². The van der Waals surface area contributed by atoms with E-state index >= 15 is 0 Å². The summed E-state index contributed by atoms with van der Waals surface area (Å²) in [5, 5.41) is 6.29. The first-order valence-corrected chi connectivity index (χ1v) is 9.34. The van der Waals surface area contributed by atoms with E-state index in [0.29, 0.717) is 18.7 Å². The molecule has 0 saturated carbocycles. The largest absolute Gasteiger partial charge is 0.354 e. The number of amides is 1. The van der Waals surface area contributed by atoms with Crippen LogP contribution in [0, 0.1) is 6.92 Å². The standard InChI is InChI=1S/C18H28N4OS.HI/c1-14-6-5-7-15(12-14)16(23)20-8-9-21-17(19-4)22-10-11-24-18(2,3)13-22;/h5-7,12H,8-11,13H2,1-4H3,(H,19,21)(H,20,23);1H. The lowest BCUT2D eigenvalue weighted by atomic mass is 10.1. The number of guanidine groups is 1. The van der Waals surface area contributed by atoms with E-state index in [1.165, 1.54) is 0 Å². The number of aryl methyl sites for hydroxylation is 1. The van der Waals surface area contributed by atoms with Gasteiger partial charge < -0.3 is 15.5 Å². The van der Waals surface area contributed by atoms with Crippen molar-refractivity contribution in [1.29, 1.82) is 0 Å². The minimum absolute atomic E-state index is 0. The fourth-order valence-corrected chi connectivity index (χ4v) is 3.88. The molecule has 0 spiro atoms. The van der Waals surface area contributed by atoms with E-state index in [1.807, 2.05) is 50.0 Å². The topological polar surface area (TPSA) is 56.7 Å². The van der Waals surface area contributed by atoms with Crippen LogP contribution in [-0.2, 0) is 0 Å². The van der Waals surface area contributed by atoms with Crippen molar-refractivity contribution in [1.82, 2.24) is 15.5 Å². The average Bonchev–Trinajstić information content (AvgIpc) is 2.53. The van der Waals surface area contributed by atoms with Gasteiger partial charge in [-0.1, -0.05) is 17.7 Å². The molecule has 0 radical (unpaired) electrons. The van der Waals surface area contributed by atoms with Crippen LogP contribution in [0.25, 0.3) is 0 Å². The van der Waals surface area contributed by atoms with Crippen molar-refractivity contribution in [3.8, 4) is 0 Å². The van der Waals surface area contributed by atoms with Crippen molar-refractivity contribution in [2.45, 2.75) is 25.5 Å². The summed E-state index contributed by atoms with van der Waals surface area (Å²) >= 11 is 2.00. The molecule has 1 amide bonds. The first-order valence-electron chi connectivity index (χ1n) is 8.36. The molecule has 0 atom stereocenters. The summed E-state index contributed by atoms with van der Waals surface area (Å²) in [6, 6.07) is 7.62. The van der Waals surface area contributed by atoms with Gasteiger partial charge in [-0.15, -0.1) is 24.0 Å². The summed E-state index contributed by atoms with van der Waals surface area (Å²) in [6.07, 6.45) is 0. The van der Waals surface area contributed by atoms with Gasteiger partial charge in [-0.05, 0) is 32.9 Å². The van der Waals surface area contributed by atoms with Gasteiger partial charge >= 0.3 is 0 Å². The van der Waals surface area contributed by atoms with Crippen LogP contribution in [0.4, 0.5) is 0 Å². The van der Waals surface area contributed by atoms with Gasteiger partial charge in [0.2, 0.25) is 0 Å². The van der Waals surface area contributed by atoms with Crippen LogP contribution in [0.15, 0.2) is 29.3 Å². The zero-order valence-corrected chi connectivity index (χ0v) is 18.6. The lowest BCUT2D eigenvalue weighted by molar-refractivity contribution is 0.0954. The van der Waals surface area contributed by atoms with Crippen molar-refractivity contribution in [3.05, 3.63) is 35.4 Å². The van der Waals surface area contributed by atoms with Crippen molar-refractivity contribution in [2.24, 2.45) is 4.99 Å². The smallest absolute Gasteiger partial charge is 0.251 e. The molecule has 0 bridgehead atoms. The Kier molecular flexibility index (Phi) is 9.06. The fourth-order valence-electron chi connectivity index (χ4n) is 2.77. The minimum atomic E-state index is -0.0361. The summed E-state index contributed by atoms with van der Waals surface area (Å²) < 4.78 is 0.245. The second-order valence-electron chi connectivity index (χ2n) is 6.63. The van der Waals surface area contributed by atoms with E-state index in [4.69, 9.17) is 0 Å². The van der Waals surface area contributed by atoms with Gasteiger partial charge in [0.05, 0.1) is 0 Å². The van der Waals surface area contributed by atoms with Crippen molar-refractivity contribution >= 4 is 47.6 Å². The van der Waals surface area contributed by atoms with Crippen molar-refractivity contribution in [2.75, 3.05) is 39.0 Å². The van der Waals surface area contributed by atoms with Gasteiger partial charge in [-0.2, -0.15) is 11.8 Å². The Hall–Kier alpha value is -0.960. The predicted octanol–water partition coefficient (Wildman–Crippen LogP) is 2.75. The first-order chi connectivity index (χ1) is 11.4. The molecule has 2 rings (SSSR count). The molecule has 1 aromatic carbocycles. The Bertz CT molecular complexity index is 606. The Morgan fingerprint density at radius 2 is 2.04 bits per heavy atom. The third kappa shape index (κ3) is 7.05. The van der Waals surface area contributed by atoms with E-state index in [2.05, 4.69) is 34.4 Å². The Labute approximate surface area is 172 Å². The van der Waals surface area contributed by atoms with E-state index in [1.54, 1.807) is 0 Å². The highest BCUT2D eigenvalue weighted by Crippen LogP contribution is 2.29. The third-order valence-electron chi connectivity index (χ3n) is 3.91. The summed E-state index contributed by atoms with van der Waals surface area (Å²) in [6.45, 7) is 9.72. The van der Waals surface area contributed by atoms with Gasteiger partial charge in [0.15, 0.2) is 5.96 Å². The highest BCUT2D eigenvalue weighted by Gasteiger charge is 2.28. The predicted molar refractivity (Wildman–Crippen MR) is 118 cm³/mol. The first kappa shape index (κ1) is 22.1. The molecule has 0 aliphatic carbocycles. The van der Waals surface area contributed by atoms with Crippen molar-refractivity contribution in [3.63, 3.8) is 0 Å². The van der Waals surface area contributed by atoms with Crippen LogP contribution in [0.1, 0.15) is 29.8 Å². The lowest BCUT2D eigenvalue weighted by Gasteiger charge is -2.39. The molecule has 0 unspecified atom stereocenters. The maximum Gasteiger partial charge on any atom is 0.251 e. The normalized spacial score (nSPS) is 16.8. The Balaban J connectivity index is 0.00000312. The minimum Gasteiger partial charge on any atom is -0.354 e. The lowest BCUT2D eigenvalue weighted by Crippen LogP contribution is -2.51. The maximum absolute atomic E-state index is 12.1. The molecular formula is C18H29IN4OS. The molecule has 25 heavy (non-hydrogen) atoms. The average molecular weight is 476 g/mol. The molecule has 1 aliphatic rings. The van der Waals surface area contributed by atoms with Crippen LogP contribution in [0.3, 0.4) is 0 Å². The summed E-state index contributed by atoms with van der Waals surface area (Å²) in [4.78, 5) is 18.8. The maximum atomic E-state index is 12.1. The highest BCUT2D eigenvalue weighted by molar-refractivity contribution is 14.0. The van der Waals surface area contributed by atoms with Crippen LogP contribution < -0.4 is 10.6 Å². The van der Waals surface area contributed by atoms with Gasteiger partial charge in [-0.25, -0.2) is 0 Å². The Morgan fingerprint density at radius 3 is 2.68 bits per heavy atom. The van der Waals surface area contributed by atoms with Gasteiger partial charge in [0.25, 0.3) is 5.91 Å². The molecule has 5 nitrogen and oxygen atoms in total. The van der Waals surface area contributed by atoms with Crippen LogP contribution >= 0.6 is 35.7 Å². The number of benzene rings is 1. The summed E-state index contributed by atoms with van der Waals surface area (Å²) in [5.74, 6) is 1.98. The molecular weight excluding hydrogens is 447 g/mol. The molecule has 1 aliphatic heterocycles. The second-order valence-corrected chi connectivity index (χ2v) is 8.43. The number of hydrogen-bond donors (Lipinski definition) is 2. The van der Waals surface area contributed by atoms with Crippen LogP contribution in [0.5, 0.6) is 0 Å². The number of carbonyl (C=O) groups is 1. The van der Waals surface area contributed by atoms with E-state index in [-0.39, 0.29) is 34.6 Å². The van der Waals surface area contributed by atoms with E-state index < -0.39 is 0 Å². The number of hydrogen-bond acceptors (Lipinski definition) is 3. The second kappa shape index (κ2) is 10.3. The zero-order chi connectivity index (χ0) is 17.6. The molecule has 2 N–H and O–H groups in total. The number of nitrogens with zero attached hydrogens (tertiary/aromatic N) is 2.